The lowest BCUT2D eigenvalue weighted by molar-refractivity contribution is 0.631. The Balaban J connectivity index is 2.55. The van der Waals surface area contributed by atoms with E-state index < -0.39 is 0 Å². The smallest absolute Gasteiger partial charge is 0.131 e. The number of halogens is 1. The van der Waals surface area contributed by atoms with Crippen LogP contribution in [-0.2, 0) is 0 Å². The van der Waals surface area contributed by atoms with E-state index in [1.54, 1.807) is 24.5 Å². The Hall–Kier alpha value is -1.70. The second kappa shape index (κ2) is 3.58. The summed E-state index contributed by atoms with van der Waals surface area (Å²) in [5.41, 5.74) is 2.46. The van der Waals surface area contributed by atoms with Crippen LogP contribution in [0.2, 0.25) is 0 Å². The second-order valence-electron chi connectivity index (χ2n) is 3.23. The highest BCUT2D eigenvalue weighted by Gasteiger charge is 2.03. The molecule has 2 aromatic rings. The van der Waals surface area contributed by atoms with E-state index in [-0.39, 0.29) is 5.82 Å². The van der Waals surface area contributed by atoms with Crippen LogP contribution in [0, 0.1) is 12.7 Å². The van der Waals surface area contributed by atoms with Gasteiger partial charge in [-0.1, -0.05) is 18.2 Å². The van der Waals surface area contributed by atoms with Gasteiger partial charge >= 0.3 is 0 Å². The van der Waals surface area contributed by atoms with E-state index >= 15 is 0 Å². The summed E-state index contributed by atoms with van der Waals surface area (Å²) in [6, 6.07) is 8.64. The topological polar surface area (TPSA) is 12.9 Å². The molecule has 0 saturated carbocycles. The molecule has 14 heavy (non-hydrogen) atoms. The largest absolute Gasteiger partial charge is 0.264 e. The molecule has 0 spiro atoms. The normalized spacial score (nSPS) is 10.1. The second-order valence-corrected chi connectivity index (χ2v) is 3.23. The maximum absolute atomic E-state index is 13.4. The third kappa shape index (κ3) is 1.64. The minimum atomic E-state index is -0.208. The molecule has 1 heterocycles. The summed E-state index contributed by atoms with van der Waals surface area (Å²) < 4.78 is 13.4. The van der Waals surface area contributed by atoms with Gasteiger partial charge in [-0.15, -0.1) is 0 Å². The van der Waals surface area contributed by atoms with Crippen LogP contribution in [-0.4, -0.2) is 4.98 Å². The number of hydrogen-bond donors (Lipinski definition) is 0. The summed E-state index contributed by atoms with van der Waals surface area (Å²) in [6.45, 7) is 1.94. The first-order valence-corrected chi connectivity index (χ1v) is 4.44. The van der Waals surface area contributed by atoms with Gasteiger partial charge in [0.2, 0.25) is 0 Å². The van der Waals surface area contributed by atoms with Crippen molar-refractivity contribution in [3.8, 4) is 11.1 Å². The molecule has 0 radical (unpaired) electrons. The average molecular weight is 187 g/mol. The van der Waals surface area contributed by atoms with Crippen LogP contribution in [0.15, 0.2) is 42.7 Å². The quantitative estimate of drug-likeness (QED) is 0.668. The predicted octanol–water partition coefficient (Wildman–Crippen LogP) is 3.20. The summed E-state index contributed by atoms with van der Waals surface area (Å²) in [6.07, 6.45) is 3.43. The molecular weight excluding hydrogens is 177 g/mol. The molecule has 2 rings (SSSR count). The van der Waals surface area contributed by atoms with E-state index in [2.05, 4.69) is 4.98 Å². The first kappa shape index (κ1) is 8.88. The summed E-state index contributed by atoms with van der Waals surface area (Å²) in [5, 5.41) is 0. The maximum Gasteiger partial charge on any atom is 0.131 e. The molecule has 0 N–H and O–H groups in total. The number of aromatic nitrogens is 1. The molecule has 2 heteroatoms. The van der Waals surface area contributed by atoms with Crippen LogP contribution >= 0.6 is 0 Å². The molecule has 0 atom stereocenters. The molecule has 0 bridgehead atoms. The van der Waals surface area contributed by atoms with Gasteiger partial charge in [0.15, 0.2) is 0 Å². The lowest BCUT2D eigenvalue weighted by Gasteiger charge is -2.02. The summed E-state index contributed by atoms with van der Waals surface area (Å²) in [7, 11) is 0. The number of pyridine rings is 1. The highest BCUT2D eigenvalue weighted by molar-refractivity contribution is 5.63. The Kier molecular flexibility index (Phi) is 2.27. The van der Waals surface area contributed by atoms with Crippen LogP contribution in [0.4, 0.5) is 4.39 Å². The predicted molar refractivity (Wildman–Crippen MR) is 54.4 cm³/mol. The van der Waals surface area contributed by atoms with Crippen molar-refractivity contribution < 1.29 is 4.39 Å². The Labute approximate surface area is 82.2 Å². The molecule has 1 aromatic heterocycles. The van der Waals surface area contributed by atoms with Crippen LogP contribution in [0.5, 0.6) is 0 Å². The summed E-state index contributed by atoms with van der Waals surface area (Å²) >= 11 is 0. The molecular formula is C12H10FN. The minimum Gasteiger partial charge on any atom is -0.264 e. The van der Waals surface area contributed by atoms with Crippen molar-refractivity contribution in [3.63, 3.8) is 0 Å². The molecule has 1 nitrogen and oxygen atoms in total. The van der Waals surface area contributed by atoms with Gasteiger partial charge in [0.25, 0.3) is 0 Å². The van der Waals surface area contributed by atoms with Crippen molar-refractivity contribution in [1.29, 1.82) is 0 Å². The molecule has 70 valence electrons. The third-order valence-electron chi connectivity index (χ3n) is 2.06. The summed E-state index contributed by atoms with van der Waals surface area (Å²) in [5.74, 6) is -0.208. The first-order valence-electron chi connectivity index (χ1n) is 4.44. The maximum atomic E-state index is 13.4. The Morgan fingerprint density at radius 2 is 1.93 bits per heavy atom. The molecule has 0 unspecified atom stereocenters. The van der Waals surface area contributed by atoms with Crippen LogP contribution in [0.3, 0.4) is 0 Å². The lowest BCUT2D eigenvalue weighted by atomic mass is 10.1. The van der Waals surface area contributed by atoms with Crippen molar-refractivity contribution in [2.24, 2.45) is 0 Å². The zero-order chi connectivity index (χ0) is 9.97. The molecule has 0 fully saturated rings. The van der Waals surface area contributed by atoms with Crippen molar-refractivity contribution in [3.05, 3.63) is 54.1 Å². The monoisotopic (exact) mass is 187 g/mol. The Bertz CT molecular complexity index is 452. The van der Waals surface area contributed by atoms with E-state index in [0.717, 1.165) is 11.1 Å². The molecule has 0 aliphatic rings. The van der Waals surface area contributed by atoms with Gasteiger partial charge in [0, 0.05) is 23.5 Å². The fourth-order valence-corrected chi connectivity index (χ4v) is 1.40. The first-order chi connectivity index (χ1) is 6.77. The highest BCUT2D eigenvalue weighted by Crippen LogP contribution is 2.21. The van der Waals surface area contributed by atoms with Crippen LogP contribution in [0.1, 0.15) is 5.56 Å². The SMILES string of the molecule is Cc1cncc(-c2ccccc2F)c1. The van der Waals surface area contributed by atoms with E-state index in [1.165, 1.54) is 6.07 Å². The van der Waals surface area contributed by atoms with Crippen LogP contribution in [0.25, 0.3) is 11.1 Å². The van der Waals surface area contributed by atoms with Gasteiger partial charge in [0.1, 0.15) is 5.82 Å². The Morgan fingerprint density at radius 3 is 2.64 bits per heavy atom. The average Bonchev–Trinajstić information content (AvgIpc) is 2.18. The molecule has 0 saturated heterocycles. The zero-order valence-electron chi connectivity index (χ0n) is 7.87. The third-order valence-corrected chi connectivity index (χ3v) is 2.06. The molecule has 1 aromatic carbocycles. The molecule has 0 aliphatic carbocycles. The number of aryl methyl sites for hydroxylation is 1. The van der Waals surface area contributed by atoms with Gasteiger partial charge < -0.3 is 0 Å². The number of rotatable bonds is 1. The minimum absolute atomic E-state index is 0.208. The zero-order valence-corrected chi connectivity index (χ0v) is 7.87. The van der Waals surface area contributed by atoms with Gasteiger partial charge in [-0.25, -0.2) is 4.39 Å². The summed E-state index contributed by atoms with van der Waals surface area (Å²) in [4.78, 5) is 4.04. The van der Waals surface area contributed by atoms with Crippen molar-refractivity contribution in [1.82, 2.24) is 4.98 Å². The standard InChI is InChI=1S/C12H10FN/c1-9-6-10(8-14-7-9)11-4-2-3-5-12(11)13/h2-8H,1H3. The van der Waals surface area contributed by atoms with E-state index in [4.69, 9.17) is 0 Å². The lowest BCUT2D eigenvalue weighted by Crippen LogP contribution is -1.85. The number of hydrogen-bond acceptors (Lipinski definition) is 1. The highest BCUT2D eigenvalue weighted by atomic mass is 19.1. The van der Waals surface area contributed by atoms with E-state index in [9.17, 15) is 4.39 Å². The van der Waals surface area contributed by atoms with E-state index in [1.807, 2.05) is 19.1 Å². The van der Waals surface area contributed by atoms with Gasteiger partial charge in [-0.3, -0.25) is 4.98 Å². The Morgan fingerprint density at radius 1 is 1.14 bits per heavy atom. The number of benzene rings is 1. The van der Waals surface area contributed by atoms with Gasteiger partial charge in [0.05, 0.1) is 0 Å². The van der Waals surface area contributed by atoms with Crippen molar-refractivity contribution in [2.45, 2.75) is 6.92 Å². The van der Waals surface area contributed by atoms with Gasteiger partial charge in [-0.2, -0.15) is 0 Å². The van der Waals surface area contributed by atoms with Gasteiger partial charge in [-0.05, 0) is 24.6 Å². The van der Waals surface area contributed by atoms with E-state index in [0.29, 0.717) is 5.56 Å². The fourth-order valence-electron chi connectivity index (χ4n) is 1.40. The molecule has 0 amide bonds. The number of nitrogens with zero attached hydrogens (tertiary/aromatic N) is 1. The van der Waals surface area contributed by atoms with Crippen molar-refractivity contribution in [2.75, 3.05) is 0 Å². The van der Waals surface area contributed by atoms with Crippen LogP contribution < -0.4 is 0 Å². The fraction of sp³-hybridized carbons (Fsp3) is 0.0833. The molecule has 0 aliphatic heterocycles. The van der Waals surface area contributed by atoms with Crippen molar-refractivity contribution >= 4 is 0 Å².